The number of halogens is 1. The molecule has 3 aromatic rings. The number of nitrogens with zero attached hydrogens (tertiary/aromatic N) is 1. The maximum Gasteiger partial charge on any atom is 0.127 e. The first kappa shape index (κ1) is 24.5. The Kier molecular flexibility index (Phi) is 9.33. The van der Waals surface area contributed by atoms with Crippen molar-refractivity contribution >= 4 is 22.4 Å². The fourth-order valence-electron chi connectivity index (χ4n) is 3.57. The van der Waals surface area contributed by atoms with Crippen molar-refractivity contribution in [3.8, 4) is 5.75 Å². The minimum atomic E-state index is -0.687. The monoisotopic (exact) mass is 457 g/mol. The number of aliphatic hydroxyl groups excluding tert-OH is 2. The number of rotatable bonds is 12. The van der Waals surface area contributed by atoms with Gasteiger partial charge in [0.2, 0.25) is 0 Å². The zero-order chi connectivity index (χ0) is 22.9. The Balaban J connectivity index is 1.47. The quantitative estimate of drug-likeness (QED) is 0.418. The molecule has 0 aliphatic heterocycles. The predicted molar refractivity (Wildman–Crippen MR) is 129 cm³/mol. The lowest BCUT2D eigenvalue weighted by Gasteiger charge is -2.30. The van der Waals surface area contributed by atoms with E-state index in [2.05, 4.69) is 0 Å². The molecule has 5 nitrogen and oxygen atoms in total. The minimum absolute atomic E-state index is 0.153. The second-order valence-corrected chi connectivity index (χ2v) is 8.66. The summed E-state index contributed by atoms with van der Waals surface area (Å²) in [6, 6.07) is 21.6. The van der Waals surface area contributed by atoms with Gasteiger partial charge in [0.1, 0.15) is 18.5 Å². The first-order valence-electron chi connectivity index (χ1n) is 11.0. The molecule has 0 saturated heterocycles. The van der Waals surface area contributed by atoms with Crippen LogP contribution in [0.25, 0.3) is 10.8 Å². The molecule has 0 bridgehead atoms. The van der Waals surface area contributed by atoms with Crippen molar-refractivity contribution in [1.82, 2.24) is 4.90 Å². The Morgan fingerprint density at radius 3 is 2.25 bits per heavy atom. The first-order chi connectivity index (χ1) is 15.4. The molecular formula is C26H32ClNO4. The van der Waals surface area contributed by atoms with Crippen LogP contribution in [-0.4, -0.2) is 59.7 Å². The first-order valence-corrected chi connectivity index (χ1v) is 11.3. The largest absolute Gasteiger partial charge is 0.490 e. The van der Waals surface area contributed by atoms with E-state index in [1.165, 1.54) is 0 Å². The van der Waals surface area contributed by atoms with Crippen molar-refractivity contribution in [2.24, 2.45) is 0 Å². The third-order valence-corrected chi connectivity index (χ3v) is 5.70. The molecule has 0 unspecified atom stereocenters. The zero-order valence-electron chi connectivity index (χ0n) is 18.7. The second kappa shape index (κ2) is 12.2. The molecule has 0 aromatic heterocycles. The molecule has 172 valence electrons. The van der Waals surface area contributed by atoms with Crippen LogP contribution in [0.4, 0.5) is 0 Å². The summed E-state index contributed by atoms with van der Waals surface area (Å²) in [6.45, 7) is 5.58. The molecule has 0 heterocycles. The van der Waals surface area contributed by atoms with Gasteiger partial charge in [0.25, 0.3) is 0 Å². The summed E-state index contributed by atoms with van der Waals surface area (Å²) < 4.78 is 11.6. The lowest BCUT2D eigenvalue weighted by atomic mass is 10.1. The molecule has 0 amide bonds. The van der Waals surface area contributed by atoms with Gasteiger partial charge in [0, 0.05) is 29.5 Å². The van der Waals surface area contributed by atoms with E-state index < -0.39 is 12.2 Å². The van der Waals surface area contributed by atoms with Crippen molar-refractivity contribution in [3.05, 3.63) is 77.3 Å². The van der Waals surface area contributed by atoms with Crippen LogP contribution in [-0.2, 0) is 11.3 Å². The normalized spacial score (nSPS) is 13.6. The summed E-state index contributed by atoms with van der Waals surface area (Å²) in [7, 11) is 0. The molecule has 3 rings (SSSR count). The van der Waals surface area contributed by atoms with E-state index in [9.17, 15) is 10.2 Å². The number of fused-ring (bicyclic) bond motifs is 1. The Hall–Kier alpha value is -2.15. The smallest absolute Gasteiger partial charge is 0.127 e. The van der Waals surface area contributed by atoms with E-state index in [0.717, 1.165) is 22.1 Å². The van der Waals surface area contributed by atoms with Crippen LogP contribution in [0.5, 0.6) is 5.75 Å². The molecule has 0 fully saturated rings. The van der Waals surface area contributed by atoms with Crippen LogP contribution in [0.15, 0.2) is 66.7 Å². The van der Waals surface area contributed by atoms with Gasteiger partial charge in [-0.1, -0.05) is 66.2 Å². The summed E-state index contributed by atoms with van der Waals surface area (Å²) in [5.74, 6) is 0.756. The summed E-state index contributed by atoms with van der Waals surface area (Å²) in [6.07, 6.45) is -1.36. The summed E-state index contributed by atoms with van der Waals surface area (Å²) in [4.78, 5) is 2.03. The third-order valence-electron chi connectivity index (χ3n) is 5.33. The number of ether oxygens (including phenoxy) is 2. The number of benzene rings is 3. The fourth-order valence-corrected chi connectivity index (χ4v) is 3.76. The molecule has 6 heteroatoms. The van der Waals surface area contributed by atoms with Crippen LogP contribution < -0.4 is 4.74 Å². The van der Waals surface area contributed by atoms with Crippen LogP contribution in [0.1, 0.15) is 19.4 Å². The van der Waals surface area contributed by atoms with Crippen LogP contribution in [0, 0.1) is 0 Å². The molecule has 0 aliphatic carbocycles. The van der Waals surface area contributed by atoms with Gasteiger partial charge in [-0.2, -0.15) is 0 Å². The van der Waals surface area contributed by atoms with Crippen molar-refractivity contribution in [2.75, 3.05) is 26.3 Å². The predicted octanol–water partition coefficient (Wildman–Crippen LogP) is 4.52. The van der Waals surface area contributed by atoms with E-state index in [0.29, 0.717) is 24.7 Å². The van der Waals surface area contributed by atoms with Crippen LogP contribution >= 0.6 is 11.6 Å². The lowest BCUT2D eigenvalue weighted by Crippen LogP contribution is -2.44. The average molecular weight is 458 g/mol. The van der Waals surface area contributed by atoms with Gasteiger partial charge >= 0.3 is 0 Å². The highest BCUT2D eigenvalue weighted by molar-refractivity contribution is 6.31. The summed E-state index contributed by atoms with van der Waals surface area (Å²) in [5, 5.41) is 23.8. The Morgan fingerprint density at radius 2 is 1.50 bits per heavy atom. The Morgan fingerprint density at radius 1 is 0.844 bits per heavy atom. The lowest BCUT2D eigenvalue weighted by molar-refractivity contribution is -0.00941. The number of hydrogen-bond donors (Lipinski definition) is 2. The van der Waals surface area contributed by atoms with Crippen molar-refractivity contribution in [2.45, 2.75) is 38.7 Å². The van der Waals surface area contributed by atoms with Gasteiger partial charge in [-0.05, 0) is 36.9 Å². The molecule has 0 saturated carbocycles. The Labute approximate surface area is 195 Å². The Bertz CT molecular complexity index is 975. The van der Waals surface area contributed by atoms with Gasteiger partial charge in [0.05, 0.1) is 19.3 Å². The molecule has 0 spiro atoms. The highest BCUT2D eigenvalue weighted by atomic mass is 35.5. The van der Waals surface area contributed by atoms with E-state index in [1.54, 1.807) is 0 Å². The van der Waals surface area contributed by atoms with Gasteiger partial charge < -0.3 is 19.7 Å². The van der Waals surface area contributed by atoms with Gasteiger partial charge in [-0.3, -0.25) is 4.90 Å². The maximum absolute atomic E-state index is 10.6. The molecule has 2 N–H and O–H groups in total. The van der Waals surface area contributed by atoms with E-state index in [4.69, 9.17) is 21.1 Å². The molecule has 2 atom stereocenters. The van der Waals surface area contributed by atoms with E-state index in [-0.39, 0.29) is 19.3 Å². The number of aliphatic hydroxyl groups is 2. The molecule has 0 radical (unpaired) electrons. The minimum Gasteiger partial charge on any atom is -0.490 e. The van der Waals surface area contributed by atoms with Crippen LogP contribution in [0.3, 0.4) is 0 Å². The maximum atomic E-state index is 10.6. The van der Waals surface area contributed by atoms with Crippen molar-refractivity contribution in [3.63, 3.8) is 0 Å². The van der Waals surface area contributed by atoms with Crippen molar-refractivity contribution < 1.29 is 19.7 Å². The molecular weight excluding hydrogens is 426 g/mol. The van der Waals surface area contributed by atoms with Crippen LogP contribution in [0.2, 0.25) is 5.02 Å². The van der Waals surface area contributed by atoms with E-state index in [1.807, 2.05) is 85.5 Å². The van der Waals surface area contributed by atoms with E-state index >= 15 is 0 Å². The average Bonchev–Trinajstić information content (AvgIpc) is 2.78. The van der Waals surface area contributed by atoms with Gasteiger partial charge in [0.15, 0.2) is 0 Å². The SMILES string of the molecule is CC(C)N(C[C@H](O)COCc1ccccc1Cl)C[C@H](O)COc1cccc2ccccc12. The fraction of sp³-hybridized carbons (Fsp3) is 0.385. The highest BCUT2D eigenvalue weighted by Crippen LogP contribution is 2.25. The molecule has 3 aromatic carbocycles. The molecule has 0 aliphatic rings. The topological polar surface area (TPSA) is 62.2 Å². The molecule has 32 heavy (non-hydrogen) atoms. The standard InChI is InChI=1S/C26H32ClNO4/c1-19(2)28(14-22(29)17-31-16-21-9-4-6-12-25(21)27)15-23(30)18-32-26-13-7-10-20-8-3-5-11-24(20)26/h3-13,19,22-23,29-30H,14-18H2,1-2H3/t22-,23-/m0/s1. The third kappa shape index (κ3) is 7.19. The summed E-state index contributed by atoms with van der Waals surface area (Å²) in [5.41, 5.74) is 0.892. The zero-order valence-corrected chi connectivity index (χ0v) is 19.4. The highest BCUT2D eigenvalue weighted by Gasteiger charge is 2.19. The number of hydrogen-bond acceptors (Lipinski definition) is 5. The van der Waals surface area contributed by atoms with Gasteiger partial charge in [-0.25, -0.2) is 0 Å². The summed E-state index contributed by atoms with van der Waals surface area (Å²) >= 11 is 6.14. The van der Waals surface area contributed by atoms with Gasteiger partial charge in [-0.15, -0.1) is 0 Å². The van der Waals surface area contributed by atoms with Crippen molar-refractivity contribution in [1.29, 1.82) is 0 Å². The second-order valence-electron chi connectivity index (χ2n) is 8.25.